The Bertz CT molecular complexity index is 1370. The summed E-state index contributed by atoms with van der Waals surface area (Å²) < 4.78 is 38.1. The molecule has 0 aliphatic rings. The molecule has 210 valence electrons. The van der Waals surface area contributed by atoms with Gasteiger partial charge in [0, 0.05) is 19.1 Å². The van der Waals surface area contributed by atoms with E-state index >= 15 is 0 Å². The van der Waals surface area contributed by atoms with Gasteiger partial charge in [0.2, 0.25) is 0 Å². The van der Waals surface area contributed by atoms with Gasteiger partial charge in [-0.2, -0.15) is 5.26 Å². The van der Waals surface area contributed by atoms with E-state index < -0.39 is 16.1 Å². The number of nitrogens with zero attached hydrogens (tertiary/aromatic N) is 2. The number of rotatable bonds is 12. The summed E-state index contributed by atoms with van der Waals surface area (Å²) in [4.78, 5) is 0.162. The Morgan fingerprint density at radius 1 is 1.08 bits per heavy atom. The van der Waals surface area contributed by atoms with E-state index in [0.29, 0.717) is 12.2 Å². The molecule has 0 spiro atoms. The van der Waals surface area contributed by atoms with Gasteiger partial charge in [-0.15, -0.1) is 12.4 Å². The lowest BCUT2D eigenvalue weighted by Crippen LogP contribution is -2.46. The molecule has 2 N–H and O–H groups in total. The third kappa shape index (κ3) is 8.60. The van der Waals surface area contributed by atoms with Crippen LogP contribution >= 0.6 is 12.4 Å². The van der Waals surface area contributed by atoms with Crippen molar-refractivity contribution >= 4 is 28.1 Å². The van der Waals surface area contributed by atoms with E-state index in [4.69, 9.17) is 9.47 Å². The van der Waals surface area contributed by atoms with E-state index in [1.807, 2.05) is 31.2 Å². The number of aliphatic hydroxyl groups is 1. The maximum atomic E-state index is 13.0. The summed E-state index contributed by atoms with van der Waals surface area (Å²) >= 11 is 0. The number of ether oxygens (including phenoxy) is 2. The minimum atomic E-state index is -3.79. The summed E-state index contributed by atoms with van der Waals surface area (Å²) in [7, 11) is -0.719. The Morgan fingerprint density at radius 2 is 1.72 bits per heavy atom. The number of aryl methyl sites for hydroxylation is 1. The van der Waals surface area contributed by atoms with Crippen molar-refractivity contribution in [1.29, 1.82) is 5.26 Å². The zero-order chi connectivity index (χ0) is 27.9. The van der Waals surface area contributed by atoms with Crippen LogP contribution in [0.3, 0.4) is 0 Å². The van der Waals surface area contributed by atoms with E-state index in [1.54, 1.807) is 43.5 Å². The standard InChI is InChI=1S/C29H35N3O5S.ClH/c1-21-6-13-27(14-7-21)38(34,35)32(4)24-10-15-28(23(16-24)18-30)37-20-25(33)19-31-29(2,3)17-22-8-11-26(36-5)12-9-22;/h6-16,25,31,33H,17,19-20H2,1-5H3;1H. The molecule has 0 aliphatic carbocycles. The maximum Gasteiger partial charge on any atom is 0.264 e. The van der Waals surface area contributed by atoms with Crippen LogP contribution in [0.2, 0.25) is 0 Å². The molecule has 0 fully saturated rings. The van der Waals surface area contributed by atoms with Crippen molar-refractivity contribution in [3.63, 3.8) is 0 Å². The number of methoxy groups -OCH3 is 1. The van der Waals surface area contributed by atoms with Gasteiger partial charge in [-0.25, -0.2) is 8.42 Å². The van der Waals surface area contributed by atoms with Crippen molar-refractivity contribution in [3.05, 3.63) is 83.4 Å². The molecule has 3 aromatic rings. The molecule has 0 saturated heterocycles. The highest BCUT2D eigenvalue weighted by Gasteiger charge is 2.23. The summed E-state index contributed by atoms with van der Waals surface area (Å²) in [5, 5.41) is 23.5. The fourth-order valence-corrected chi connectivity index (χ4v) is 5.08. The first-order valence-corrected chi connectivity index (χ1v) is 13.7. The molecule has 0 heterocycles. The van der Waals surface area contributed by atoms with Gasteiger partial charge < -0.3 is 19.9 Å². The molecular weight excluding hydrogens is 538 g/mol. The second-order valence-electron chi connectivity index (χ2n) is 9.83. The van der Waals surface area contributed by atoms with Crippen molar-refractivity contribution < 1.29 is 23.0 Å². The zero-order valence-corrected chi connectivity index (χ0v) is 24.5. The SMILES string of the molecule is COc1ccc(CC(C)(C)NCC(O)COc2ccc(N(C)S(=O)(=O)c3ccc(C)cc3)cc2C#N)cc1.Cl. The van der Waals surface area contributed by atoms with Crippen LogP contribution in [0.15, 0.2) is 71.6 Å². The van der Waals surface area contributed by atoms with E-state index in [9.17, 15) is 18.8 Å². The molecule has 1 unspecified atom stereocenters. The van der Waals surface area contributed by atoms with Crippen molar-refractivity contribution in [1.82, 2.24) is 5.32 Å². The van der Waals surface area contributed by atoms with Gasteiger partial charge in [0.1, 0.15) is 30.3 Å². The summed E-state index contributed by atoms with van der Waals surface area (Å²) in [5.41, 5.74) is 2.33. The van der Waals surface area contributed by atoms with Crippen LogP contribution in [0.1, 0.15) is 30.5 Å². The number of halogens is 1. The van der Waals surface area contributed by atoms with Crippen LogP contribution < -0.4 is 19.1 Å². The minimum absolute atomic E-state index is 0. The van der Waals surface area contributed by atoms with Gasteiger partial charge in [0.05, 0.1) is 23.3 Å². The second-order valence-corrected chi connectivity index (χ2v) is 11.8. The first-order chi connectivity index (χ1) is 17.9. The van der Waals surface area contributed by atoms with Crippen LogP contribution in [0.5, 0.6) is 11.5 Å². The number of β-amino-alcohol motifs (C(OH)–C–C–N with tert-alkyl or cyclic N) is 1. The fraction of sp³-hybridized carbons (Fsp3) is 0.345. The summed E-state index contributed by atoms with van der Waals surface area (Å²) in [6, 6.07) is 21.1. The Balaban J connectivity index is 0.00000533. The number of hydrogen-bond donors (Lipinski definition) is 2. The molecule has 8 nitrogen and oxygen atoms in total. The molecule has 3 rings (SSSR count). The maximum absolute atomic E-state index is 13.0. The van der Waals surface area contributed by atoms with Gasteiger partial charge in [-0.1, -0.05) is 29.8 Å². The number of nitrogens with one attached hydrogen (secondary N) is 1. The van der Waals surface area contributed by atoms with Crippen LogP contribution in [-0.4, -0.2) is 52.5 Å². The quantitative estimate of drug-likeness (QED) is 0.329. The Labute approximate surface area is 237 Å². The molecule has 0 radical (unpaired) electrons. The number of benzene rings is 3. The molecule has 39 heavy (non-hydrogen) atoms. The molecule has 1 atom stereocenters. The van der Waals surface area contributed by atoms with Gasteiger partial charge in [0.25, 0.3) is 10.0 Å². The third-order valence-corrected chi connectivity index (χ3v) is 7.98. The van der Waals surface area contributed by atoms with Crippen LogP contribution in [0, 0.1) is 18.3 Å². The fourth-order valence-electron chi connectivity index (χ4n) is 3.89. The molecule has 0 aromatic heterocycles. The number of hydrogen-bond acceptors (Lipinski definition) is 7. The van der Waals surface area contributed by atoms with Gasteiger partial charge >= 0.3 is 0 Å². The van der Waals surface area contributed by atoms with Crippen LogP contribution in [-0.2, 0) is 16.4 Å². The second kappa shape index (κ2) is 13.7. The highest BCUT2D eigenvalue weighted by molar-refractivity contribution is 7.92. The lowest BCUT2D eigenvalue weighted by Gasteiger charge is -2.28. The number of anilines is 1. The first kappa shape index (κ1) is 31.9. The smallest absolute Gasteiger partial charge is 0.264 e. The summed E-state index contributed by atoms with van der Waals surface area (Å²) in [6.07, 6.45) is -0.0650. The lowest BCUT2D eigenvalue weighted by molar-refractivity contribution is 0.0987. The molecule has 10 heteroatoms. The molecule has 0 saturated carbocycles. The third-order valence-electron chi connectivity index (χ3n) is 6.18. The monoisotopic (exact) mass is 573 g/mol. The minimum Gasteiger partial charge on any atom is -0.497 e. The Morgan fingerprint density at radius 3 is 2.31 bits per heavy atom. The number of nitriles is 1. The molecule has 0 amide bonds. The van der Waals surface area contributed by atoms with Crippen LogP contribution in [0.4, 0.5) is 5.69 Å². The molecule has 0 bridgehead atoms. The van der Waals surface area contributed by atoms with Gasteiger partial charge in [0.15, 0.2) is 0 Å². The largest absolute Gasteiger partial charge is 0.497 e. The highest BCUT2D eigenvalue weighted by atomic mass is 35.5. The van der Waals surface area contributed by atoms with Crippen LogP contribution in [0.25, 0.3) is 0 Å². The topological polar surface area (TPSA) is 112 Å². The zero-order valence-electron chi connectivity index (χ0n) is 22.8. The summed E-state index contributed by atoms with van der Waals surface area (Å²) in [6.45, 7) is 6.25. The van der Waals surface area contributed by atoms with Gasteiger partial charge in [-0.05, 0) is 75.2 Å². The first-order valence-electron chi connectivity index (χ1n) is 12.2. The molecule has 3 aromatic carbocycles. The van der Waals surface area contributed by atoms with Crippen molar-refractivity contribution in [2.75, 3.05) is 31.6 Å². The Kier molecular flexibility index (Phi) is 11.2. The number of sulfonamides is 1. The average Bonchev–Trinajstić information content (AvgIpc) is 2.90. The highest BCUT2D eigenvalue weighted by Crippen LogP contribution is 2.28. The lowest BCUT2D eigenvalue weighted by atomic mass is 9.94. The van der Waals surface area contributed by atoms with Crippen molar-refractivity contribution in [3.8, 4) is 17.6 Å². The van der Waals surface area contributed by atoms with E-state index in [0.717, 1.165) is 27.6 Å². The summed E-state index contributed by atoms with van der Waals surface area (Å²) in [5.74, 6) is 1.07. The van der Waals surface area contributed by atoms with E-state index in [2.05, 4.69) is 25.2 Å². The average molecular weight is 574 g/mol. The van der Waals surface area contributed by atoms with Crippen molar-refractivity contribution in [2.24, 2.45) is 0 Å². The van der Waals surface area contributed by atoms with Crippen molar-refractivity contribution in [2.45, 2.75) is 43.7 Å². The molecule has 0 aliphatic heterocycles. The number of aliphatic hydroxyl groups excluding tert-OH is 1. The molecular formula is C29H36ClN3O5S. The predicted octanol–water partition coefficient (Wildman–Crippen LogP) is 4.47. The van der Waals surface area contributed by atoms with Gasteiger partial charge in [-0.3, -0.25) is 4.31 Å². The predicted molar refractivity (Wildman–Crippen MR) is 155 cm³/mol. The van der Waals surface area contributed by atoms with E-state index in [1.165, 1.54) is 13.1 Å². The van der Waals surface area contributed by atoms with E-state index in [-0.39, 0.29) is 40.8 Å². The normalized spacial score (nSPS) is 12.1. The Hall–Kier alpha value is -3.29.